The smallest absolute Gasteiger partial charge is 0.351 e. The predicted octanol–water partition coefficient (Wildman–Crippen LogP) is 5.35. The highest BCUT2D eigenvalue weighted by Crippen LogP contribution is 2.37. The Morgan fingerprint density at radius 1 is 1.35 bits per heavy atom. The van der Waals surface area contributed by atoms with Crippen molar-refractivity contribution in [3.8, 4) is 12.1 Å². The van der Waals surface area contributed by atoms with Crippen LogP contribution < -0.4 is 10.6 Å². The number of nitriles is 2. The lowest BCUT2D eigenvalue weighted by atomic mass is 9.91. The van der Waals surface area contributed by atoms with E-state index in [9.17, 15) is 23.2 Å². The molecule has 1 aliphatic rings. The van der Waals surface area contributed by atoms with Gasteiger partial charge in [-0.1, -0.05) is 40.7 Å². The molecule has 0 radical (unpaired) electrons. The van der Waals surface area contributed by atoms with Crippen molar-refractivity contribution < 1.29 is 18.0 Å². The van der Waals surface area contributed by atoms with Gasteiger partial charge in [0, 0.05) is 16.7 Å². The number of hydrogen-bond acceptors (Lipinski definition) is 4. The highest BCUT2D eigenvalue weighted by molar-refractivity contribution is 9.09. The summed E-state index contributed by atoms with van der Waals surface area (Å²) in [7, 11) is 0. The lowest BCUT2D eigenvalue weighted by Crippen LogP contribution is -2.58. The number of rotatable bonds is 6. The zero-order chi connectivity index (χ0) is 25.6. The molecule has 0 bridgehead atoms. The number of halogens is 4. The molecule has 0 fully saturated rings. The number of benzene rings is 1. The molecule has 7 nitrogen and oxygen atoms in total. The van der Waals surface area contributed by atoms with Gasteiger partial charge in [-0.15, -0.1) is 0 Å². The number of nitrogens with one attached hydrogen (secondary N) is 1. The molecule has 2 amide bonds. The van der Waals surface area contributed by atoms with Gasteiger partial charge in [0.1, 0.15) is 0 Å². The van der Waals surface area contributed by atoms with Crippen LogP contribution in [0.4, 0.5) is 23.7 Å². The third kappa shape index (κ3) is 5.38. The Bertz CT molecular complexity index is 1190. The first-order chi connectivity index (χ1) is 16.0. The van der Waals surface area contributed by atoms with E-state index in [1.165, 1.54) is 31.2 Å². The summed E-state index contributed by atoms with van der Waals surface area (Å²) in [4.78, 5) is 14.4. The van der Waals surface area contributed by atoms with E-state index in [1.807, 2.05) is 12.1 Å². The van der Waals surface area contributed by atoms with E-state index >= 15 is 0 Å². The predicted molar refractivity (Wildman–Crippen MR) is 126 cm³/mol. The molecule has 0 unspecified atom stereocenters. The Hall–Kier alpha value is -3.83. The number of urea groups is 1. The number of amides is 2. The minimum atomic E-state index is -4.63. The first-order valence-electron chi connectivity index (χ1n) is 9.76. The zero-order valence-electron chi connectivity index (χ0n) is 18.0. The molecule has 11 heteroatoms. The van der Waals surface area contributed by atoms with Gasteiger partial charge in [0.15, 0.2) is 0 Å². The summed E-state index contributed by atoms with van der Waals surface area (Å²) in [6.45, 7) is 5.02. The maximum atomic E-state index is 13.3. The normalized spacial score (nSPS) is 17.4. The van der Waals surface area contributed by atoms with Crippen molar-refractivity contribution in [1.82, 2.24) is 4.90 Å². The fourth-order valence-corrected chi connectivity index (χ4v) is 3.92. The molecule has 3 N–H and O–H groups in total. The first-order valence-corrected chi connectivity index (χ1v) is 10.9. The third-order valence-corrected chi connectivity index (χ3v) is 5.44. The Labute approximate surface area is 203 Å². The van der Waals surface area contributed by atoms with Gasteiger partial charge in [-0.3, -0.25) is 15.2 Å². The Morgan fingerprint density at radius 3 is 2.53 bits per heavy atom. The van der Waals surface area contributed by atoms with Gasteiger partial charge >= 0.3 is 12.2 Å². The van der Waals surface area contributed by atoms with Crippen LogP contribution in [0.1, 0.15) is 18.9 Å². The van der Waals surface area contributed by atoms with Crippen molar-refractivity contribution >= 4 is 33.6 Å². The SMILES string of the molecule is C=C/C(C#N)=C\C=C(/CCBr)[C@@H]1C(C#N)=C(C)N(c2cccc(C(F)(F)F)c2)C(=N)N1C(N)=O. The summed E-state index contributed by atoms with van der Waals surface area (Å²) < 4.78 is 39.8. The number of nitrogens with zero attached hydrogens (tertiary/aromatic N) is 4. The van der Waals surface area contributed by atoms with Crippen LogP contribution in [0.25, 0.3) is 0 Å². The maximum Gasteiger partial charge on any atom is 0.416 e. The molecule has 0 aromatic heterocycles. The second-order valence-electron chi connectivity index (χ2n) is 7.05. The molecule has 176 valence electrons. The highest BCUT2D eigenvalue weighted by atomic mass is 79.9. The summed E-state index contributed by atoms with van der Waals surface area (Å²) >= 11 is 3.31. The molecular weight excluding hydrogens is 513 g/mol. The average molecular weight is 533 g/mol. The number of carbonyl (C=O) groups is 1. The molecule has 0 saturated carbocycles. The molecule has 0 saturated heterocycles. The molecule has 2 rings (SSSR count). The van der Waals surface area contributed by atoms with Gasteiger partial charge in [-0.2, -0.15) is 23.7 Å². The summed E-state index contributed by atoms with van der Waals surface area (Å²) in [5, 5.41) is 28.2. The van der Waals surface area contributed by atoms with Gasteiger partial charge < -0.3 is 5.73 Å². The molecule has 1 aliphatic heterocycles. The molecule has 1 aromatic carbocycles. The van der Waals surface area contributed by atoms with Crippen LogP contribution in [0.2, 0.25) is 0 Å². The number of alkyl halides is 4. The van der Waals surface area contributed by atoms with Crippen LogP contribution in [0.3, 0.4) is 0 Å². The van der Waals surface area contributed by atoms with Crippen molar-refractivity contribution in [2.75, 3.05) is 10.2 Å². The second-order valence-corrected chi connectivity index (χ2v) is 7.84. The fraction of sp³-hybridized carbons (Fsp3) is 0.217. The van der Waals surface area contributed by atoms with Crippen molar-refractivity contribution in [3.05, 3.63) is 77.1 Å². The molecule has 0 aliphatic carbocycles. The van der Waals surface area contributed by atoms with Crippen molar-refractivity contribution in [1.29, 1.82) is 15.9 Å². The Morgan fingerprint density at radius 2 is 2.03 bits per heavy atom. The number of primary amides is 1. The molecule has 1 atom stereocenters. The largest absolute Gasteiger partial charge is 0.416 e. The van der Waals surface area contributed by atoms with E-state index in [4.69, 9.17) is 16.4 Å². The Kier molecular flexibility index (Phi) is 8.44. The first kappa shape index (κ1) is 26.4. The standard InChI is InChI=1S/C23H20BrF3N6O/c1-3-15(12-28)7-8-16(9-10-24)20-19(13-29)14(2)32(21(30)33(20)22(31)34)18-6-4-5-17(11-18)23(25,26)27/h3-8,11,20,30H,1,9-10H2,2H3,(H2,31,34)/b15-7+,16-8+,30-21?/t20-/m1/s1. The van der Waals surface area contributed by atoms with E-state index in [-0.39, 0.29) is 22.5 Å². The van der Waals surface area contributed by atoms with Crippen molar-refractivity contribution in [2.45, 2.75) is 25.6 Å². The molecule has 1 heterocycles. The average Bonchev–Trinajstić information content (AvgIpc) is 2.78. The summed E-state index contributed by atoms with van der Waals surface area (Å²) in [6.07, 6.45) is 0.0172. The minimum absolute atomic E-state index is 0.0184. The van der Waals surface area contributed by atoms with E-state index in [0.717, 1.165) is 21.9 Å². The quantitative estimate of drug-likeness (QED) is 0.291. The van der Waals surface area contributed by atoms with E-state index < -0.39 is 29.8 Å². The van der Waals surface area contributed by atoms with E-state index in [1.54, 1.807) is 6.08 Å². The fourth-order valence-electron chi connectivity index (χ4n) is 3.47. The lowest BCUT2D eigenvalue weighted by Gasteiger charge is -2.42. The van der Waals surface area contributed by atoms with E-state index in [0.29, 0.717) is 17.3 Å². The Balaban J connectivity index is 2.79. The van der Waals surface area contributed by atoms with Crippen LogP contribution in [0, 0.1) is 28.1 Å². The number of hydrogen-bond donors (Lipinski definition) is 2. The number of nitrogens with two attached hydrogens (primary N) is 1. The van der Waals surface area contributed by atoms with Gasteiger partial charge in [-0.05, 0) is 43.2 Å². The van der Waals surface area contributed by atoms with Crippen molar-refractivity contribution in [3.63, 3.8) is 0 Å². The maximum absolute atomic E-state index is 13.3. The molecule has 0 spiro atoms. The summed E-state index contributed by atoms with van der Waals surface area (Å²) in [5.41, 5.74) is 5.47. The third-order valence-electron chi connectivity index (χ3n) is 5.05. The molecule has 1 aromatic rings. The van der Waals surface area contributed by atoms with Crippen LogP contribution in [-0.4, -0.2) is 28.3 Å². The minimum Gasteiger partial charge on any atom is -0.351 e. The summed E-state index contributed by atoms with van der Waals surface area (Å²) in [5.74, 6) is -0.512. The topological polar surface area (TPSA) is 121 Å². The van der Waals surface area contributed by atoms with Crippen LogP contribution in [-0.2, 0) is 6.18 Å². The number of anilines is 1. The van der Waals surface area contributed by atoms with Gasteiger partial charge in [0.2, 0.25) is 5.96 Å². The molecular formula is C23H20BrF3N6O. The van der Waals surface area contributed by atoms with Crippen LogP contribution >= 0.6 is 15.9 Å². The van der Waals surface area contributed by atoms with Crippen molar-refractivity contribution in [2.24, 2.45) is 5.73 Å². The summed E-state index contributed by atoms with van der Waals surface area (Å²) in [6, 6.07) is 6.01. The van der Waals surface area contributed by atoms with Gasteiger partial charge in [0.05, 0.1) is 34.9 Å². The van der Waals surface area contributed by atoms with E-state index in [2.05, 4.69) is 22.5 Å². The number of carbonyl (C=O) groups excluding carboxylic acids is 1. The number of guanidine groups is 1. The molecule has 34 heavy (non-hydrogen) atoms. The van der Waals surface area contributed by atoms with Crippen LogP contribution in [0.5, 0.6) is 0 Å². The zero-order valence-corrected chi connectivity index (χ0v) is 19.6. The monoisotopic (exact) mass is 532 g/mol. The lowest BCUT2D eigenvalue weighted by molar-refractivity contribution is -0.137. The number of allylic oxidation sites excluding steroid dienone is 5. The van der Waals surface area contributed by atoms with Crippen LogP contribution in [0.15, 0.2) is 71.5 Å². The second kappa shape index (κ2) is 10.9. The van der Waals surface area contributed by atoms with Gasteiger partial charge in [-0.25, -0.2) is 4.79 Å². The van der Waals surface area contributed by atoms with Gasteiger partial charge in [0.25, 0.3) is 0 Å². The highest BCUT2D eigenvalue weighted by Gasteiger charge is 2.41.